The first-order valence-corrected chi connectivity index (χ1v) is 9.73. The largest absolute Gasteiger partial charge is 0.573 e. The number of ether oxygens (including phenoxy) is 1. The molecule has 11 heteroatoms. The Bertz CT molecular complexity index is 1150. The number of hydrogen-bond acceptors (Lipinski definition) is 5. The molecule has 0 aliphatic heterocycles. The van der Waals surface area contributed by atoms with Crippen LogP contribution < -0.4 is 15.4 Å². The highest BCUT2D eigenvalue weighted by Gasteiger charge is 2.31. The van der Waals surface area contributed by atoms with Gasteiger partial charge >= 0.3 is 6.36 Å². The van der Waals surface area contributed by atoms with Crippen LogP contribution in [0.2, 0.25) is 10.0 Å². The topological polar surface area (TPSA) is 87.1 Å². The molecule has 3 rings (SSSR count). The molecule has 0 radical (unpaired) electrons. The van der Waals surface area contributed by atoms with Crippen LogP contribution in [0.15, 0.2) is 54.7 Å². The molecule has 3 N–H and O–H groups in total. The summed E-state index contributed by atoms with van der Waals surface area (Å²) in [5.74, 6) is -0.755. The number of carbonyl (C=O) groups is 1. The van der Waals surface area contributed by atoms with Gasteiger partial charge in [-0.2, -0.15) is 0 Å². The van der Waals surface area contributed by atoms with Crippen LogP contribution in [-0.4, -0.2) is 23.0 Å². The van der Waals surface area contributed by atoms with Gasteiger partial charge in [0.05, 0.1) is 16.1 Å². The SMILES string of the molecule is CC(=N)c1c(Nc2ccc(OC(F)(F)F)cc2)ncc(C(=O)Nc2ccc(Cl)cc2)c1Cl. The lowest BCUT2D eigenvalue weighted by Crippen LogP contribution is -2.17. The third-order valence-corrected chi connectivity index (χ3v) is 4.73. The molecule has 32 heavy (non-hydrogen) atoms. The minimum Gasteiger partial charge on any atom is -0.406 e. The first kappa shape index (κ1) is 23.4. The average Bonchev–Trinajstić information content (AvgIpc) is 2.70. The Labute approximate surface area is 190 Å². The highest BCUT2D eigenvalue weighted by molar-refractivity contribution is 6.38. The normalized spacial score (nSPS) is 11.1. The number of aromatic nitrogens is 1. The maximum absolute atomic E-state index is 12.7. The molecule has 1 amide bonds. The smallest absolute Gasteiger partial charge is 0.406 e. The Balaban J connectivity index is 1.85. The molecule has 2 aromatic carbocycles. The number of carbonyl (C=O) groups excluding carboxylic acids is 1. The number of nitrogens with zero attached hydrogens (tertiary/aromatic N) is 1. The molecule has 0 saturated carbocycles. The van der Waals surface area contributed by atoms with Crippen molar-refractivity contribution in [3.8, 4) is 5.75 Å². The molecule has 166 valence electrons. The first-order valence-electron chi connectivity index (χ1n) is 8.97. The van der Waals surface area contributed by atoms with Crippen LogP contribution in [0.25, 0.3) is 0 Å². The van der Waals surface area contributed by atoms with E-state index in [1.807, 2.05) is 0 Å². The number of benzene rings is 2. The number of amides is 1. The molecule has 3 aromatic rings. The molecule has 1 aromatic heterocycles. The number of hydrogen-bond donors (Lipinski definition) is 3. The summed E-state index contributed by atoms with van der Waals surface area (Å²) in [7, 11) is 0. The van der Waals surface area contributed by atoms with Crippen molar-refractivity contribution in [3.05, 3.63) is 75.9 Å². The molecular weight excluding hydrogens is 468 g/mol. The Morgan fingerprint density at radius 1 is 1.03 bits per heavy atom. The summed E-state index contributed by atoms with van der Waals surface area (Å²) in [6.07, 6.45) is -3.56. The molecule has 0 spiro atoms. The van der Waals surface area contributed by atoms with E-state index in [1.54, 1.807) is 24.3 Å². The molecule has 0 bridgehead atoms. The fraction of sp³-hybridized carbons (Fsp3) is 0.0952. The fourth-order valence-corrected chi connectivity index (χ4v) is 3.18. The Hall–Kier alpha value is -3.30. The molecule has 6 nitrogen and oxygen atoms in total. The van der Waals surface area contributed by atoms with Crippen molar-refractivity contribution in [1.82, 2.24) is 4.98 Å². The Morgan fingerprint density at radius 2 is 1.62 bits per heavy atom. The highest BCUT2D eigenvalue weighted by atomic mass is 35.5. The van der Waals surface area contributed by atoms with Crippen molar-refractivity contribution in [3.63, 3.8) is 0 Å². The molecule has 0 fully saturated rings. The van der Waals surface area contributed by atoms with E-state index < -0.39 is 12.3 Å². The van der Waals surface area contributed by atoms with Gasteiger partial charge < -0.3 is 20.8 Å². The average molecular weight is 483 g/mol. The second-order valence-electron chi connectivity index (χ2n) is 6.49. The van der Waals surface area contributed by atoms with Crippen molar-refractivity contribution in [2.45, 2.75) is 13.3 Å². The van der Waals surface area contributed by atoms with Crippen LogP contribution in [0.3, 0.4) is 0 Å². The van der Waals surface area contributed by atoms with Gasteiger partial charge in [0, 0.05) is 28.3 Å². The van der Waals surface area contributed by atoms with Gasteiger partial charge in [0.15, 0.2) is 0 Å². The van der Waals surface area contributed by atoms with E-state index in [1.165, 1.54) is 25.3 Å². The van der Waals surface area contributed by atoms with Crippen molar-refractivity contribution >= 4 is 52.0 Å². The van der Waals surface area contributed by atoms with E-state index in [9.17, 15) is 18.0 Å². The lowest BCUT2D eigenvalue weighted by molar-refractivity contribution is -0.274. The minimum absolute atomic E-state index is 0.00140. The number of rotatable bonds is 6. The Morgan fingerprint density at radius 3 is 2.19 bits per heavy atom. The maximum atomic E-state index is 12.7. The third kappa shape index (κ3) is 5.89. The summed E-state index contributed by atoms with van der Waals surface area (Å²) in [4.78, 5) is 16.8. The van der Waals surface area contributed by atoms with Crippen molar-refractivity contribution in [2.75, 3.05) is 10.6 Å². The molecule has 0 unspecified atom stereocenters. The molecule has 0 aliphatic carbocycles. The van der Waals surface area contributed by atoms with Crippen LogP contribution in [-0.2, 0) is 0 Å². The molecular formula is C21H15Cl2F3N4O2. The lowest BCUT2D eigenvalue weighted by Gasteiger charge is -2.15. The van der Waals surface area contributed by atoms with E-state index >= 15 is 0 Å². The van der Waals surface area contributed by atoms with Gasteiger partial charge in [-0.3, -0.25) is 4.79 Å². The van der Waals surface area contributed by atoms with Crippen LogP contribution in [0.4, 0.5) is 30.4 Å². The van der Waals surface area contributed by atoms with E-state index in [-0.39, 0.29) is 33.4 Å². The van der Waals surface area contributed by atoms with Crippen LogP contribution in [0, 0.1) is 5.41 Å². The van der Waals surface area contributed by atoms with Crippen LogP contribution in [0.5, 0.6) is 5.75 Å². The zero-order chi connectivity index (χ0) is 23.5. The van der Waals surface area contributed by atoms with E-state index in [4.69, 9.17) is 28.6 Å². The third-order valence-electron chi connectivity index (χ3n) is 4.09. The monoisotopic (exact) mass is 482 g/mol. The lowest BCUT2D eigenvalue weighted by atomic mass is 10.1. The van der Waals surface area contributed by atoms with Gasteiger partial charge in [-0.25, -0.2) is 4.98 Å². The quantitative estimate of drug-likeness (QED) is 0.342. The fourth-order valence-electron chi connectivity index (χ4n) is 2.69. The summed E-state index contributed by atoms with van der Waals surface area (Å²) >= 11 is 12.2. The summed E-state index contributed by atoms with van der Waals surface area (Å²) in [5, 5.41) is 14.1. The second-order valence-corrected chi connectivity index (χ2v) is 7.31. The molecule has 1 heterocycles. The molecule has 0 aliphatic rings. The number of nitrogens with one attached hydrogen (secondary N) is 3. The van der Waals surface area contributed by atoms with Crippen LogP contribution in [0.1, 0.15) is 22.8 Å². The number of anilines is 3. The van der Waals surface area contributed by atoms with E-state index in [0.717, 1.165) is 12.1 Å². The molecule has 0 saturated heterocycles. The number of halogens is 5. The second kappa shape index (κ2) is 9.46. The predicted octanol–water partition coefficient (Wildman–Crippen LogP) is 6.67. The maximum Gasteiger partial charge on any atom is 0.573 e. The number of pyridine rings is 1. The first-order chi connectivity index (χ1) is 15.0. The van der Waals surface area contributed by atoms with Gasteiger partial charge in [0.2, 0.25) is 0 Å². The standard InChI is InChI=1S/C21H15Cl2F3N4O2/c1-11(27)17-18(23)16(20(31)30-14-4-2-12(22)3-5-14)10-28-19(17)29-13-6-8-15(9-7-13)32-21(24,25)26/h2-10,27H,1H3,(H,28,29)(H,30,31). The van der Waals surface area contributed by atoms with Gasteiger partial charge in [0.25, 0.3) is 5.91 Å². The van der Waals surface area contributed by atoms with Crippen LogP contribution >= 0.6 is 23.2 Å². The van der Waals surface area contributed by atoms with Crippen molar-refractivity contribution in [1.29, 1.82) is 5.41 Å². The summed E-state index contributed by atoms with van der Waals surface area (Å²) < 4.78 is 40.8. The van der Waals surface area contributed by atoms with E-state index in [2.05, 4.69) is 20.4 Å². The van der Waals surface area contributed by atoms with Gasteiger partial charge in [-0.05, 0) is 55.5 Å². The molecule has 0 atom stereocenters. The van der Waals surface area contributed by atoms with Gasteiger partial charge in [-0.15, -0.1) is 13.2 Å². The van der Waals surface area contributed by atoms with Crippen molar-refractivity contribution < 1.29 is 22.7 Å². The summed E-state index contributed by atoms with van der Waals surface area (Å²) in [6, 6.07) is 11.4. The van der Waals surface area contributed by atoms with Crippen molar-refractivity contribution in [2.24, 2.45) is 0 Å². The van der Waals surface area contributed by atoms with Gasteiger partial charge in [-0.1, -0.05) is 23.2 Å². The van der Waals surface area contributed by atoms with Gasteiger partial charge in [0.1, 0.15) is 11.6 Å². The zero-order valence-electron chi connectivity index (χ0n) is 16.3. The summed E-state index contributed by atoms with van der Waals surface area (Å²) in [6.45, 7) is 1.47. The zero-order valence-corrected chi connectivity index (χ0v) is 17.9. The highest BCUT2D eigenvalue weighted by Crippen LogP contribution is 2.31. The summed E-state index contributed by atoms with van der Waals surface area (Å²) in [5.41, 5.74) is 1.12. The number of alkyl halides is 3. The minimum atomic E-state index is -4.79. The Kier molecular flexibility index (Phi) is 6.90. The predicted molar refractivity (Wildman–Crippen MR) is 118 cm³/mol. The van der Waals surface area contributed by atoms with E-state index in [0.29, 0.717) is 16.4 Å².